The van der Waals surface area contributed by atoms with Crippen LogP contribution in [0.25, 0.3) is 0 Å². The first kappa shape index (κ1) is 18.7. The van der Waals surface area contributed by atoms with Crippen molar-refractivity contribution in [1.82, 2.24) is 5.32 Å². The lowest BCUT2D eigenvalue weighted by Crippen LogP contribution is -2.20. The van der Waals surface area contributed by atoms with Crippen molar-refractivity contribution in [2.45, 2.75) is 45.4 Å². The molecule has 0 heterocycles. The SMILES string of the molecule is CC(=O)NCCCCCC(=O)Nc1cccc(CCC(=O)O)c1. The van der Waals surface area contributed by atoms with Crippen LogP contribution in [0.5, 0.6) is 0 Å². The molecule has 0 aromatic heterocycles. The number of amides is 2. The third kappa shape index (κ3) is 9.29. The number of hydrogen-bond donors (Lipinski definition) is 3. The molecule has 0 aliphatic rings. The molecule has 0 atom stereocenters. The minimum Gasteiger partial charge on any atom is -0.481 e. The monoisotopic (exact) mass is 320 g/mol. The van der Waals surface area contributed by atoms with Gasteiger partial charge in [0, 0.05) is 32.0 Å². The Morgan fingerprint density at radius 3 is 2.57 bits per heavy atom. The molecule has 2 amide bonds. The summed E-state index contributed by atoms with van der Waals surface area (Å²) in [6, 6.07) is 7.25. The van der Waals surface area contributed by atoms with Crippen LogP contribution < -0.4 is 10.6 Å². The molecule has 0 saturated carbocycles. The van der Waals surface area contributed by atoms with Crippen molar-refractivity contribution in [2.24, 2.45) is 0 Å². The van der Waals surface area contributed by atoms with Crippen LogP contribution in [0, 0.1) is 0 Å². The predicted molar refractivity (Wildman–Crippen MR) is 88.2 cm³/mol. The van der Waals surface area contributed by atoms with E-state index >= 15 is 0 Å². The number of aryl methyl sites for hydroxylation is 1. The summed E-state index contributed by atoms with van der Waals surface area (Å²) >= 11 is 0. The topological polar surface area (TPSA) is 95.5 Å². The molecule has 0 fully saturated rings. The van der Waals surface area contributed by atoms with E-state index in [1.165, 1.54) is 6.92 Å². The van der Waals surface area contributed by atoms with Crippen molar-refractivity contribution in [3.63, 3.8) is 0 Å². The van der Waals surface area contributed by atoms with Crippen LogP contribution in [0.3, 0.4) is 0 Å². The Morgan fingerprint density at radius 1 is 1.09 bits per heavy atom. The van der Waals surface area contributed by atoms with Crippen LogP contribution in [0.1, 0.15) is 44.6 Å². The first-order valence-electron chi connectivity index (χ1n) is 7.82. The minimum absolute atomic E-state index is 0.0366. The van der Waals surface area contributed by atoms with Crippen LogP contribution >= 0.6 is 0 Å². The summed E-state index contributed by atoms with van der Waals surface area (Å²) in [5.74, 6) is -0.927. The minimum atomic E-state index is -0.835. The number of carbonyl (C=O) groups excluding carboxylic acids is 2. The van der Waals surface area contributed by atoms with Crippen molar-refractivity contribution in [2.75, 3.05) is 11.9 Å². The number of aliphatic carboxylic acids is 1. The molecule has 0 bridgehead atoms. The fourth-order valence-electron chi connectivity index (χ4n) is 2.13. The number of nitrogens with one attached hydrogen (secondary N) is 2. The van der Waals surface area contributed by atoms with Crippen molar-refractivity contribution in [3.8, 4) is 0 Å². The highest BCUT2D eigenvalue weighted by atomic mass is 16.4. The van der Waals surface area contributed by atoms with Crippen molar-refractivity contribution >= 4 is 23.5 Å². The molecule has 0 aliphatic heterocycles. The molecule has 1 rings (SSSR count). The largest absolute Gasteiger partial charge is 0.481 e. The number of benzene rings is 1. The number of carbonyl (C=O) groups is 3. The fraction of sp³-hybridized carbons (Fsp3) is 0.471. The third-order valence-corrected chi connectivity index (χ3v) is 3.29. The number of unbranched alkanes of at least 4 members (excludes halogenated alkanes) is 2. The fourth-order valence-corrected chi connectivity index (χ4v) is 2.13. The molecule has 1 aromatic rings. The van der Waals surface area contributed by atoms with Gasteiger partial charge in [-0.05, 0) is 37.0 Å². The Hall–Kier alpha value is -2.37. The molecule has 6 nitrogen and oxygen atoms in total. The van der Waals surface area contributed by atoms with E-state index in [1.54, 1.807) is 18.2 Å². The smallest absolute Gasteiger partial charge is 0.303 e. The zero-order chi connectivity index (χ0) is 17.1. The Morgan fingerprint density at radius 2 is 1.87 bits per heavy atom. The molecule has 0 saturated heterocycles. The van der Waals surface area contributed by atoms with Crippen LogP contribution in [0.2, 0.25) is 0 Å². The molecule has 1 aromatic carbocycles. The van der Waals surface area contributed by atoms with Gasteiger partial charge in [-0.2, -0.15) is 0 Å². The molecular formula is C17H24N2O4. The van der Waals surface area contributed by atoms with E-state index in [4.69, 9.17) is 5.11 Å². The van der Waals surface area contributed by atoms with E-state index in [-0.39, 0.29) is 18.2 Å². The van der Waals surface area contributed by atoms with Crippen molar-refractivity contribution in [1.29, 1.82) is 0 Å². The lowest BCUT2D eigenvalue weighted by Gasteiger charge is -2.07. The summed E-state index contributed by atoms with van der Waals surface area (Å²) in [6.07, 6.45) is 3.46. The molecule has 126 valence electrons. The van der Waals surface area contributed by atoms with Crippen molar-refractivity contribution in [3.05, 3.63) is 29.8 Å². The molecule has 3 N–H and O–H groups in total. The molecule has 23 heavy (non-hydrogen) atoms. The second-order valence-electron chi connectivity index (χ2n) is 5.44. The molecule has 6 heteroatoms. The van der Waals surface area contributed by atoms with Crippen LogP contribution in [-0.2, 0) is 20.8 Å². The maximum atomic E-state index is 11.9. The van der Waals surface area contributed by atoms with E-state index < -0.39 is 5.97 Å². The number of carboxylic acid groups (broad SMARTS) is 1. The van der Waals surface area contributed by atoms with Gasteiger partial charge in [0.05, 0.1) is 0 Å². The van der Waals surface area contributed by atoms with Gasteiger partial charge in [0.25, 0.3) is 0 Å². The Labute approximate surface area is 136 Å². The average Bonchev–Trinajstić information content (AvgIpc) is 2.49. The van der Waals surface area contributed by atoms with Gasteiger partial charge in [0.15, 0.2) is 0 Å². The Kier molecular flexibility index (Phi) is 8.42. The van der Waals surface area contributed by atoms with Gasteiger partial charge < -0.3 is 15.7 Å². The van der Waals surface area contributed by atoms with Gasteiger partial charge in [-0.1, -0.05) is 18.6 Å². The van der Waals surface area contributed by atoms with E-state index in [9.17, 15) is 14.4 Å². The summed E-state index contributed by atoms with van der Waals surface area (Å²) in [6.45, 7) is 2.13. The third-order valence-electron chi connectivity index (χ3n) is 3.29. The maximum absolute atomic E-state index is 11.9. The summed E-state index contributed by atoms with van der Waals surface area (Å²) in [5, 5.41) is 14.2. The predicted octanol–water partition coefficient (Wildman–Crippen LogP) is 2.34. The second kappa shape index (κ2) is 10.4. The highest BCUT2D eigenvalue weighted by Crippen LogP contribution is 2.13. The lowest BCUT2D eigenvalue weighted by atomic mass is 10.1. The van der Waals surface area contributed by atoms with Gasteiger partial charge in [-0.3, -0.25) is 14.4 Å². The van der Waals surface area contributed by atoms with Crippen LogP contribution in [0.15, 0.2) is 24.3 Å². The van der Waals surface area contributed by atoms with Gasteiger partial charge in [-0.25, -0.2) is 0 Å². The number of carboxylic acids is 1. The average molecular weight is 320 g/mol. The molecule has 0 unspecified atom stereocenters. The van der Waals surface area contributed by atoms with Gasteiger partial charge in [0.1, 0.15) is 0 Å². The molecule has 0 aliphatic carbocycles. The van der Waals surface area contributed by atoms with Gasteiger partial charge in [-0.15, -0.1) is 0 Å². The van der Waals surface area contributed by atoms with Crippen molar-refractivity contribution < 1.29 is 19.5 Å². The van der Waals surface area contributed by atoms with E-state index in [0.29, 0.717) is 25.1 Å². The Bertz CT molecular complexity index is 543. The summed E-state index contributed by atoms with van der Waals surface area (Å²) in [7, 11) is 0. The number of rotatable bonds is 10. The van der Waals surface area contributed by atoms with Gasteiger partial charge >= 0.3 is 5.97 Å². The van der Waals surface area contributed by atoms with E-state index in [1.807, 2.05) is 6.07 Å². The summed E-state index contributed by atoms with van der Waals surface area (Å²) in [5.41, 5.74) is 1.58. The normalized spacial score (nSPS) is 10.1. The number of anilines is 1. The maximum Gasteiger partial charge on any atom is 0.303 e. The van der Waals surface area contributed by atoms with E-state index in [0.717, 1.165) is 24.8 Å². The standard InChI is InChI=1S/C17H24N2O4/c1-13(20)18-11-4-2-3-8-16(21)19-15-7-5-6-14(12-15)9-10-17(22)23/h5-7,12H,2-4,8-11H2,1H3,(H,18,20)(H,19,21)(H,22,23). The Balaban J connectivity index is 2.27. The summed E-state index contributed by atoms with van der Waals surface area (Å²) < 4.78 is 0. The molecular weight excluding hydrogens is 296 g/mol. The highest BCUT2D eigenvalue weighted by molar-refractivity contribution is 5.90. The first-order valence-corrected chi connectivity index (χ1v) is 7.82. The lowest BCUT2D eigenvalue weighted by molar-refractivity contribution is -0.137. The second-order valence-corrected chi connectivity index (χ2v) is 5.44. The van der Waals surface area contributed by atoms with Crippen LogP contribution in [0.4, 0.5) is 5.69 Å². The highest BCUT2D eigenvalue weighted by Gasteiger charge is 2.04. The zero-order valence-electron chi connectivity index (χ0n) is 13.4. The summed E-state index contributed by atoms with van der Waals surface area (Å²) in [4.78, 5) is 33.1. The van der Waals surface area contributed by atoms with E-state index in [2.05, 4.69) is 10.6 Å². The zero-order valence-corrected chi connectivity index (χ0v) is 13.4. The quantitative estimate of drug-likeness (QED) is 0.577. The van der Waals surface area contributed by atoms with Gasteiger partial charge in [0.2, 0.25) is 11.8 Å². The number of hydrogen-bond acceptors (Lipinski definition) is 3. The molecule has 0 radical (unpaired) electrons. The molecule has 0 spiro atoms. The van der Waals surface area contributed by atoms with Crippen LogP contribution in [-0.4, -0.2) is 29.4 Å². The first-order chi connectivity index (χ1) is 11.0.